The van der Waals surface area contributed by atoms with Gasteiger partial charge >= 0.3 is 0 Å². The van der Waals surface area contributed by atoms with Gasteiger partial charge in [0.15, 0.2) is 23.1 Å². The highest BCUT2D eigenvalue weighted by Crippen LogP contribution is 2.44. The summed E-state index contributed by atoms with van der Waals surface area (Å²) in [5, 5.41) is 3.72. The molecule has 3 rings (SSSR count). The van der Waals surface area contributed by atoms with E-state index in [0.29, 0.717) is 35.6 Å². The first kappa shape index (κ1) is 13.3. The summed E-state index contributed by atoms with van der Waals surface area (Å²) in [7, 11) is 1.62. The number of nitrogen functional groups attached to an aromatic ring is 1. The van der Waals surface area contributed by atoms with Crippen molar-refractivity contribution in [3.63, 3.8) is 0 Å². The van der Waals surface area contributed by atoms with Crippen LogP contribution >= 0.6 is 15.9 Å². The molecule has 0 radical (unpaired) electrons. The zero-order valence-electron chi connectivity index (χ0n) is 11.1. The SMILES string of the molecule is COc1ccc(Br)c(-c2cc(N)no2)c1OCC1CC1. The van der Waals surface area contributed by atoms with Gasteiger partial charge in [-0.1, -0.05) is 5.16 Å². The lowest BCUT2D eigenvalue weighted by molar-refractivity contribution is 0.280. The predicted molar refractivity (Wildman–Crippen MR) is 78.8 cm³/mol. The molecular formula is C14H15BrN2O3. The van der Waals surface area contributed by atoms with Gasteiger partial charge < -0.3 is 19.7 Å². The maximum atomic E-state index is 5.94. The van der Waals surface area contributed by atoms with Crippen molar-refractivity contribution in [2.75, 3.05) is 19.5 Å². The molecule has 0 atom stereocenters. The molecule has 106 valence electrons. The third-order valence-electron chi connectivity index (χ3n) is 3.23. The van der Waals surface area contributed by atoms with E-state index < -0.39 is 0 Å². The summed E-state index contributed by atoms with van der Waals surface area (Å²) in [4.78, 5) is 0. The number of rotatable bonds is 5. The van der Waals surface area contributed by atoms with Crippen LogP contribution in [0.25, 0.3) is 11.3 Å². The number of nitrogens with zero attached hydrogens (tertiary/aromatic N) is 1. The van der Waals surface area contributed by atoms with Gasteiger partial charge in [-0.25, -0.2) is 0 Å². The summed E-state index contributed by atoms with van der Waals surface area (Å²) in [6.45, 7) is 0.684. The molecule has 0 spiro atoms. The number of methoxy groups -OCH3 is 1. The van der Waals surface area contributed by atoms with E-state index in [0.717, 1.165) is 10.0 Å². The highest BCUT2D eigenvalue weighted by atomic mass is 79.9. The molecule has 0 unspecified atom stereocenters. The number of nitrogens with two attached hydrogens (primary N) is 1. The average Bonchev–Trinajstić information content (AvgIpc) is 3.17. The van der Waals surface area contributed by atoms with Crippen LogP contribution in [0.3, 0.4) is 0 Å². The molecule has 2 N–H and O–H groups in total. The predicted octanol–water partition coefficient (Wildman–Crippen LogP) is 3.48. The van der Waals surface area contributed by atoms with Gasteiger partial charge in [0.05, 0.1) is 19.3 Å². The lowest BCUT2D eigenvalue weighted by atomic mass is 10.1. The van der Waals surface area contributed by atoms with Gasteiger partial charge in [0.2, 0.25) is 0 Å². The lowest BCUT2D eigenvalue weighted by Gasteiger charge is -2.14. The monoisotopic (exact) mass is 338 g/mol. The van der Waals surface area contributed by atoms with Crippen LogP contribution in [-0.2, 0) is 0 Å². The Hall–Kier alpha value is -1.69. The zero-order chi connectivity index (χ0) is 14.1. The molecule has 1 aliphatic rings. The number of aromatic nitrogens is 1. The lowest BCUT2D eigenvalue weighted by Crippen LogP contribution is -2.02. The molecule has 1 aromatic heterocycles. The quantitative estimate of drug-likeness (QED) is 0.903. The normalized spacial score (nSPS) is 14.3. The smallest absolute Gasteiger partial charge is 0.174 e. The Morgan fingerprint density at radius 2 is 2.25 bits per heavy atom. The van der Waals surface area contributed by atoms with Crippen LogP contribution in [0.15, 0.2) is 27.2 Å². The first-order valence-corrected chi connectivity index (χ1v) is 7.20. The van der Waals surface area contributed by atoms with Crippen LogP contribution in [0.5, 0.6) is 11.5 Å². The fraction of sp³-hybridized carbons (Fsp3) is 0.357. The summed E-state index contributed by atoms with van der Waals surface area (Å²) in [5.74, 6) is 2.86. The second-order valence-electron chi connectivity index (χ2n) is 4.82. The van der Waals surface area contributed by atoms with E-state index in [9.17, 15) is 0 Å². The van der Waals surface area contributed by atoms with Crippen molar-refractivity contribution in [3.05, 3.63) is 22.7 Å². The van der Waals surface area contributed by atoms with E-state index >= 15 is 0 Å². The van der Waals surface area contributed by atoms with Crippen LogP contribution < -0.4 is 15.2 Å². The summed E-state index contributed by atoms with van der Waals surface area (Å²) < 4.78 is 17.4. The van der Waals surface area contributed by atoms with Crippen molar-refractivity contribution in [1.82, 2.24) is 5.16 Å². The summed E-state index contributed by atoms with van der Waals surface area (Å²) in [6.07, 6.45) is 2.45. The summed E-state index contributed by atoms with van der Waals surface area (Å²) in [5.41, 5.74) is 6.40. The van der Waals surface area contributed by atoms with E-state index in [-0.39, 0.29) is 0 Å². The third-order valence-corrected chi connectivity index (χ3v) is 3.89. The van der Waals surface area contributed by atoms with Crippen LogP contribution in [-0.4, -0.2) is 18.9 Å². The van der Waals surface area contributed by atoms with E-state index in [2.05, 4.69) is 21.1 Å². The molecule has 6 heteroatoms. The topological polar surface area (TPSA) is 70.5 Å². The Bertz CT molecular complexity index is 623. The minimum atomic E-state index is 0.336. The molecule has 2 aromatic rings. The largest absolute Gasteiger partial charge is 0.493 e. The first-order chi connectivity index (χ1) is 9.69. The van der Waals surface area contributed by atoms with Gasteiger partial charge in [0.25, 0.3) is 0 Å². The standard InChI is InChI=1S/C14H15BrN2O3/c1-18-10-5-4-9(15)13(11-6-12(16)17-20-11)14(10)19-7-8-2-3-8/h4-6,8H,2-3,7H2,1H3,(H2,16,17). The molecular weight excluding hydrogens is 324 g/mol. The van der Waals surface area contributed by atoms with Crippen LogP contribution in [0, 0.1) is 5.92 Å². The second kappa shape index (κ2) is 5.36. The molecule has 1 aliphatic carbocycles. The minimum Gasteiger partial charge on any atom is -0.493 e. The fourth-order valence-corrected chi connectivity index (χ4v) is 2.47. The highest BCUT2D eigenvalue weighted by Gasteiger charge is 2.25. The van der Waals surface area contributed by atoms with Gasteiger partial charge in [-0.2, -0.15) is 0 Å². The Kier molecular flexibility index (Phi) is 3.56. The molecule has 1 aromatic carbocycles. The molecule has 20 heavy (non-hydrogen) atoms. The van der Waals surface area contributed by atoms with Crippen molar-refractivity contribution in [2.45, 2.75) is 12.8 Å². The van der Waals surface area contributed by atoms with Gasteiger partial charge in [-0.3, -0.25) is 0 Å². The van der Waals surface area contributed by atoms with E-state index in [1.54, 1.807) is 13.2 Å². The molecule has 5 nitrogen and oxygen atoms in total. The van der Waals surface area contributed by atoms with Crippen LogP contribution in [0.2, 0.25) is 0 Å². The molecule has 1 saturated carbocycles. The fourth-order valence-electron chi connectivity index (χ4n) is 1.97. The van der Waals surface area contributed by atoms with Crippen molar-refractivity contribution in [3.8, 4) is 22.8 Å². The Labute approximate surface area is 125 Å². The number of hydrogen-bond donors (Lipinski definition) is 1. The number of hydrogen-bond acceptors (Lipinski definition) is 5. The van der Waals surface area contributed by atoms with Gasteiger partial charge in [0, 0.05) is 10.5 Å². The number of anilines is 1. The highest BCUT2D eigenvalue weighted by molar-refractivity contribution is 9.10. The zero-order valence-corrected chi connectivity index (χ0v) is 12.6. The third kappa shape index (κ3) is 2.60. The van der Waals surface area contributed by atoms with Crippen molar-refractivity contribution < 1.29 is 14.0 Å². The maximum absolute atomic E-state index is 5.94. The Morgan fingerprint density at radius 3 is 2.85 bits per heavy atom. The van der Waals surface area contributed by atoms with E-state index in [1.807, 2.05) is 12.1 Å². The van der Waals surface area contributed by atoms with Crippen LogP contribution in [0.4, 0.5) is 5.82 Å². The average molecular weight is 339 g/mol. The Morgan fingerprint density at radius 1 is 1.45 bits per heavy atom. The molecule has 1 fully saturated rings. The van der Waals surface area contributed by atoms with Gasteiger partial charge in [0.1, 0.15) is 0 Å². The Balaban J connectivity index is 2.04. The van der Waals surface area contributed by atoms with Crippen molar-refractivity contribution in [2.24, 2.45) is 5.92 Å². The summed E-state index contributed by atoms with van der Waals surface area (Å²) >= 11 is 3.51. The first-order valence-electron chi connectivity index (χ1n) is 6.41. The van der Waals surface area contributed by atoms with Crippen LogP contribution in [0.1, 0.15) is 12.8 Å². The van der Waals surface area contributed by atoms with Gasteiger partial charge in [-0.05, 0) is 46.8 Å². The van der Waals surface area contributed by atoms with E-state index in [1.165, 1.54) is 12.8 Å². The molecule has 1 heterocycles. The maximum Gasteiger partial charge on any atom is 0.174 e. The summed E-state index contributed by atoms with van der Waals surface area (Å²) in [6, 6.07) is 5.41. The minimum absolute atomic E-state index is 0.336. The van der Waals surface area contributed by atoms with Crippen molar-refractivity contribution >= 4 is 21.7 Å². The van der Waals surface area contributed by atoms with Gasteiger partial charge in [-0.15, -0.1) is 0 Å². The molecule has 0 aliphatic heterocycles. The molecule has 0 amide bonds. The van der Waals surface area contributed by atoms with E-state index in [4.69, 9.17) is 19.7 Å². The number of benzene rings is 1. The number of halogens is 1. The second-order valence-corrected chi connectivity index (χ2v) is 5.68. The molecule has 0 bridgehead atoms. The molecule has 0 saturated heterocycles. The number of ether oxygens (including phenoxy) is 2. The van der Waals surface area contributed by atoms with Crippen molar-refractivity contribution in [1.29, 1.82) is 0 Å².